The summed E-state index contributed by atoms with van der Waals surface area (Å²) in [5.74, 6) is 0.219. The van der Waals surface area contributed by atoms with Crippen LogP contribution < -0.4 is 5.73 Å². The molecule has 0 fully saturated rings. The third-order valence-corrected chi connectivity index (χ3v) is 4.18. The van der Waals surface area contributed by atoms with Crippen LogP contribution in [0.15, 0.2) is 15.9 Å². The minimum atomic E-state index is -0.0663. The predicted octanol–water partition coefficient (Wildman–Crippen LogP) is 3.39. The van der Waals surface area contributed by atoms with Crippen LogP contribution in [-0.2, 0) is 11.2 Å². The van der Waals surface area contributed by atoms with Crippen molar-refractivity contribution in [3.05, 3.63) is 20.8 Å². The zero-order chi connectivity index (χ0) is 12.3. The summed E-state index contributed by atoms with van der Waals surface area (Å²) in [7, 11) is 0. The molecular weight excluding hydrogens is 286 g/mol. The van der Waals surface area contributed by atoms with Gasteiger partial charge < -0.3 is 5.73 Å². The Morgan fingerprint density at radius 1 is 1.50 bits per heavy atom. The Bertz CT molecular complexity index is 367. The number of nitrogens with two attached hydrogens (primary N) is 1. The molecule has 0 radical (unpaired) electrons. The largest absolute Gasteiger partial charge is 0.327 e. The van der Waals surface area contributed by atoms with Crippen LogP contribution in [0.1, 0.15) is 32.1 Å². The molecule has 0 amide bonds. The van der Waals surface area contributed by atoms with E-state index in [9.17, 15) is 4.79 Å². The highest BCUT2D eigenvalue weighted by Crippen LogP contribution is 2.24. The number of hydrogen-bond donors (Lipinski definition) is 1. The Balaban J connectivity index is 2.48. The summed E-state index contributed by atoms with van der Waals surface area (Å²) in [6.07, 6.45) is 0.957. The first-order chi connectivity index (χ1) is 7.29. The van der Waals surface area contributed by atoms with Crippen LogP contribution in [0, 0.1) is 5.41 Å². The first-order valence-corrected chi connectivity index (χ1v) is 6.91. The van der Waals surface area contributed by atoms with Crippen molar-refractivity contribution in [3.8, 4) is 0 Å². The number of hydrogen-bond acceptors (Lipinski definition) is 3. The van der Waals surface area contributed by atoms with E-state index in [2.05, 4.69) is 36.7 Å². The van der Waals surface area contributed by atoms with E-state index in [1.165, 1.54) is 0 Å². The molecule has 2 nitrogen and oxygen atoms in total. The molecule has 2 N–H and O–H groups in total. The van der Waals surface area contributed by atoms with Gasteiger partial charge in [0.15, 0.2) is 0 Å². The fourth-order valence-electron chi connectivity index (χ4n) is 1.26. The Hall–Kier alpha value is -0.190. The molecule has 1 aromatic heterocycles. The van der Waals surface area contributed by atoms with Crippen molar-refractivity contribution in [1.29, 1.82) is 0 Å². The second-order valence-corrected chi connectivity index (χ2v) is 7.65. The van der Waals surface area contributed by atoms with Gasteiger partial charge in [-0.2, -0.15) is 0 Å². The van der Waals surface area contributed by atoms with Crippen molar-refractivity contribution in [2.24, 2.45) is 11.1 Å². The van der Waals surface area contributed by atoms with Crippen LogP contribution in [0.5, 0.6) is 0 Å². The third kappa shape index (κ3) is 4.36. The summed E-state index contributed by atoms with van der Waals surface area (Å²) < 4.78 is 1.07. The van der Waals surface area contributed by atoms with Gasteiger partial charge in [-0.15, -0.1) is 11.3 Å². The van der Waals surface area contributed by atoms with Crippen molar-refractivity contribution in [2.75, 3.05) is 0 Å². The van der Waals surface area contributed by atoms with E-state index in [0.717, 1.165) is 8.66 Å². The van der Waals surface area contributed by atoms with E-state index in [-0.39, 0.29) is 17.2 Å². The van der Waals surface area contributed by atoms with Gasteiger partial charge in [0.05, 0.1) is 3.79 Å². The molecule has 0 aromatic carbocycles. The first-order valence-electron chi connectivity index (χ1n) is 5.30. The minimum Gasteiger partial charge on any atom is -0.327 e. The summed E-state index contributed by atoms with van der Waals surface area (Å²) >= 11 is 4.99. The Morgan fingerprint density at radius 3 is 2.56 bits per heavy atom. The second kappa shape index (κ2) is 5.43. The summed E-state index contributed by atoms with van der Waals surface area (Å²) in [6, 6.07) is 3.88. The topological polar surface area (TPSA) is 43.1 Å². The molecule has 0 saturated heterocycles. The van der Waals surface area contributed by atoms with Crippen LogP contribution in [0.25, 0.3) is 0 Å². The van der Waals surface area contributed by atoms with Gasteiger partial charge in [0.25, 0.3) is 0 Å². The normalized spacial score (nSPS) is 13.8. The van der Waals surface area contributed by atoms with Crippen molar-refractivity contribution in [2.45, 2.75) is 39.7 Å². The number of Topliss-reactive ketones (excluding diaryl/α,β-unsaturated/α-hetero) is 1. The van der Waals surface area contributed by atoms with Crippen LogP contribution in [0.3, 0.4) is 0 Å². The van der Waals surface area contributed by atoms with Crippen molar-refractivity contribution in [3.63, 3.8) is 0 Å². The highest BCUT2D eigenvalue weighted by molar-refractivity contribution is 9.11. The lowest BCUT2D eigenvalue weighted by molar-refractivity contribution is -0.119. The van der Waals surface area contributed by atoms with Crippen molar-refractivity contribution >= 4 is 33.0 Å². The van der Waals surface area contributed by atoms with Crippen LogP contribution in [0.4, 0.5) is 0 Å². The van der Waals surface area contributed by atoms with Gasteiger partial charge in [-0.3, -0.25) is 4.79 Å². The Labute approximate surface area is 109 Å². The zero-order valence-electron chi connectivity index (χ0n) is 9.92. The third-order valence-electron chi connectivity index (χ3n) is 2.56. The standard InChI is InChI=1S/C12H18BrNOS/c1-12(2,3)10(14)7-8(15)6-9-4-5-11(13)16-9/h4-5,10H,6-7,14H2,1-3H3. The maximum Gasteiger partial charge on any atom is 0.139 e. The summed E-state index contributed by atoms with van der Waals surface area (Å²) in [5.41, 5.74) is 5.98. The molecule has 0 aliphatic carbocycles. The molecular formula is C12H18BrNOS. The van der Waals surface area contributed by atoms with Crippen LogP contribution in [-0.4, -0.2) is 11.8 Å². The highest BCUT2D eigenvalue weighted by atomic mass is 79.9. The molecule has 0 saturated carbocycles. The molecule has 4 heteroatoms. The quantitative estimate of drug-likeness (QED) is 0.926. The van der Waals surface area contributed by atoms with Gasteiger partial charge in [0.1, 0.15) is 5.78 Å². The van der Waals surface area contributed by atoms with E-state index < -0.39 is 0 Å². The number of carbonyl (C=O) groups excluding carboxylic acids is 1. The maximum absolute atomic E-state index is 11.8. The van der Waals surface area contributed by atoms with Gasteiger partial charge in [0, 0.05) is 23.8 Å². The molecule has 1 heterocycles. The molecule has 0 bridgehead atoms. The molecule has 0 spiro atoms. The monoisotopic (exact) mass is 303 g/mol. The van der Waals surface area contributed by atoms with Crippen LogP contribution in [0.2, 0.25) is 0 Å². The van der Waals surface area contributed by atoms with E-state index >= 15 is 0 Å². The lowest BCUT2D eigenvalue weighted by Gasteiger charge is -2.26. The smallest absolute Gasteiger partial charge is 0.139 e. The lowest BCUT2D eigenvalue weighted by atomic mass is 9.84. The molecule has 0 aliphatic rings. The van der Waals surface area contributed by atoms with Crippen LogP contribution >= 0.6 is 27.3 Å². The average Bonchev–Trinajstić information content (AvgIpc) is 2.49. The highest BCUT2D eigenvalue weighted by Gasteiger charge is 2.23. The zero-order valence-corrected chi connectivity index (χ0v) is 12.3. The number of rotatable bonds is 4. The molecule has 1 atom stereocenters. The predicted molar refractivity (Wildman–Crippen MR) is 72.8 cm³/mol. The van der Waals surface area contributed by atoms with E-state index in [1.807, 2.05) is 12.1 Å². The van der Waals surface area contributed by atoms with Crippen molar-refractivity contribution in [1.82, 2.24) is 0 Å². The van der Waals surface area contributed by atoms with E-state index in [0.29, 0.717) is 12.8 Å². The lowest BCUT2D eigenvalue weighted by Crippen LogP contribution is -2.37. The number of ketones is 1. The minimum absolute atomic E-state index is 0.00824. The Morgan fingerprint density at radius 2 is 2.12 bits per heavy atom. The molecule has 90 valence electrons. The summed E-state index contributed by atoms with van der Waals surface area (Å²) in [5, 5.41) is 0. The number of carbonyl (C=O) groups is 1. The number of thiophene rings is 1. The molecule has 16 heavy (non-hydrogen) atoms. The van der Waals surface area contributed by atoms with Gasteiger partial charge in [-0.1, -0.05) is 20.8 Å². The van der Waals surface area contributed by atoms with E-state index in [4.69, 9.17) is 5.73 Å². The summed E-state index contributed by atoms with van der Waals surface area (Å²) in [4.78, 5) is 12.9. The fraction of sp³-hybridized carbons (Fsp3) is 0.583. The first kappa shape index (κ1) is 13.9. The van der Waals surface area contributed by atoms with Gasteiger partial charge in [-0.25, -0.2) is 0 Å². The van der Waals surface area contributed by atoms with Crippen molar-refractivity contribution < 1.29 is 4.79 Å². The molecule has 1 aromatic rings. The van der Waals surface area contributed by atoms with Gasteiger partial charge in [0.2, 0.25) is 0 Å². The van der Waals surface area contributed by atoms with E-state index in [1.54, 1.807) is 11.3 Å². The summed E-state index contributed by atoms with van der Waals surface area (Å²) in [6.45, 7) is 6.19. The van der Waals surface area contributed by atoms with Gasteiger partial charge in [-0.05, 0) is 33.5 Å². The molecule has 0 aliphatic heterocycles. The molecule has 1 unspecified atom stereocenters. The SMILES string of the molecule is CC(C)(C)C(N)CC(=O)Cc1ccc(Br)s1. The second-order valence-electron chi connectivity index (χ2n) is 5.10. The fourth-order valence-corrected chi connectivity index (χ4v) is 2.78. The molecule has 1 rings (SSSR count). The average molecular weight is 304 g/mol. The Kier molecular flexibility index (Phi) is 4.71. The maximum atomic E-state index is 11.8. The van der Waals surface area contributed by atoms with Gasteiger partial charge >= 0.3 is 0 Å². The number of halogens is 1.